The molecule has 3 aromatic rings. The molecule has 108 valence electrons. The van der Waals surface area contributed by atoms with Crippen LogP contribution in [0.1, 0.15) is 11.4 Å². The summed E-state index contributed by atoms with van der Waals surface area (Å²) < 4.78 is 7.51. The molecule has 2 aromatic carbocycles. The number of para-hydroxylation sites is 2. The van der Waals surface area contributed by atoms with Crippen LogP contribution in [0.25, 0.3) is 16.7 Å². The van der Waals surface area contributed by atoms with Crippen LogP contribution in [0, 0.1) is 6.92 Å². The van der Waals surface area contributed by atoms with Gasteiger partial charge in [-0.05, 0) is 42.8 Å². The van der Waals surface area contributed by atoms with Crippen molar-refractivity contribution < 1.29 is 4.74 Å². The van der Waals surface area contributed by atoms with Crippen molar-refractivity contribution in [3.63, 3.8) is 0 Å². The van der Waals surface area contributed by atoms with Crippen LogP contribution in [-0.4, -0.2) is 22.5 Å². The van der Waals surface area contributed by atoms with E-state index in [9.17, 15) is 0 Å². The third kappa shape index (κ3) is 2.49. The Morgan fingerprint density at radius 1 is 1.19 bits per heavy atom. The second kappa shape index (κ2) is 5.78. The minimum atomic E-state index is 0.554. The normalized spacial score (nSPS) is 11.0. The zero-order valence-corrected chi connectivity index (χ0v) is 12.9. The number of hydrogen-bond acceptors (Lipinski definition) is 2. The summed E-state index contributed by atoms with van der Waals surface area (Å²) in [6.45, 7) is 2.04. The van der Waals surface area contributed by atoms with E-state index in [1.165, 1.54) is 0 Å². The maximum absolute atomic E-state index is 5.93. The Morgan fingerprint density at radius 3 is 2.71 bits per heavy atom. The van der Waals surface area contributed by atoms with Crippen LogP contribution < -0.4 is 4.74 Å². The van der Waals surface area contributed by atoms with Gasteiger partial charge in [-0.25, -0.2) is 4.98 Å². The van der Waals surface area contributed by atoms with Crippen LogP contribution in [0.5, 0.6) is 5.75 Å². The number of fused-ring (bicyclic) bond motifs is 1. The molecule has 0 amide bonds. The minimum Gasteiger partial charge on any atom is -0.496 e. The quantitative estimate of drug-likeness (QED) is 0.678. The van der Waals surface area contributed by atoms with Gasteiger partial charge >= 0.3 is 0 Å². The highest BCUT2D eigenvalue weighted by Crippen LogP contribution is 2.26. The number of aromatic nitrogens is 2. The monoisotopic (exact) mass is 300 g/mol. The molecule has 0 saturated carbocycles. The maximum atomic E-state index is 5.93. The Kier molecular flexibility index (Phi) is 3.84. The maximum Gasteiger partial charge on any atom is 0.121 e. The van der Waals surface area contributed by atoms with Gasteiger partial charge in [-0.15, -0.1) is 11.6 Å². The summed E-state index contributed by atoms with van der Waals surface area (Å²) in [6, 6.07) is 14.3. The fourth-order valence-corrected chi connectivity index (χ4v) is 2.79. The van der Waals surface area contributed by atoms with Crippen molar-refractivity contribution >= 4 is 22.6 Å². The molecule has 0 saturated heterocycles. The minimum absolute atomic E-state index is 0.554. The van der Waals surface area contributed by atoms with E-state index in [1.54, 1.807) is 7.11 Å². The standard InChI is InChI=1S/C17H17ClN2O/c1-12-11-13(7-8-16(12)21-2)20-15-6-4-3-5-14(15)19-17(20)9-10-18/h3-8,11H,9-10H2,1-2H3. The molecule has 3 rings (SSSR count). The summed E-state index contributed by atoms with van der Waals surface area (Å²) in [4.78, 5) is 4.70. The molecule has 0 fully saturated rings. The van der Waals surface area contributed by atoms with Crippen LogP contribution in [0.2, 0.25) is 0 Å². The molecule has 1 heterocycles. The highest BCUT2D eigenvalue weighted by molar-refractivity contribution is 6.17. The lowest BCUT2D eigenvalue weighted by Gasteiger charge is -2.11. The molecule has 1 aromatic heterocycles. The van der Waals surface area contributed by atoms with Gasteiger partial charge in [0.05, 0.1) is 18.1 Å². The van der Waals surface area contributed by atoms with E-state index in [4.69, 9.17) is 21.3 Å². The molecule has 0 atom stereocenters. The van der Waals surface area contributed by atoms with Crippen LogP contribution in [-0.2, 0) is 6.42 Å². The van der Waals surface area contributed by atoms with E-state index >= 15 is 0 Å². The number of hydrogen-bond donors (Lipinski definition) is 0. The van der Waals surface area contributed by atoms with E-state index in [2.05, 4.69) is 22.8 Å². The Hall–Kier alpha value is -2.00. The number of nitrogens with zero attached hydrogens (tertiary/aromatic N) is 2. The SMILES string of the molecule is COc1ccc(-n2c(CCCl)nc3ccccc32)cc1C. The zero-order valence-electron chi connectivity index (χ0n) is 12.1. The molecule has 0 spiro atoms. The van der Waals surface area contributed by atoms with Crippen molar-refractivity contribution in [2.45, 2.75) is 13.3 Å². The fraction of sp³-hybridized carbons (Fsp3) is 0.235. The van der Waals surface area contributed by atoms with Crippen LogP contribution in [0.4, 0.5) is 0 Å². The van der Waals surface area contributed by atoms with E-state index in [1.807, 2.05) is 31.2 Å². The highest BCUT2D eigenvalue weighted by Gasteiger charge is 2.12. The molecule has 0 aliphatic rings. The van der Waals surface area contributed by atoms with Crippen molar-refractivity contribution in [1.82, 2.24) is 9.55 Å². The highest BCUT2D eigenvalue weighted by atomic mass is 35.5. The van der Waals surface area contributed by atoms with E-state index in [0.29, 0.717) is 5.88 Å². The van der Waals surface area contributed by atoms with E-state index in [0.717, 1.165) is 40.3 Å². The predicted octanol–water partition coefficient (Wildman–Crippen LogP) is 4.12. The molecule has 0 bridgehead atoms. The average molecular weight is 301 g/mol. The lowest BCUT2D eigenvalue weighted by atomic mass is 10.2. The summed E-state index contributed by atoms with van der Waals surface area (Å²) in [7, 11) is 1.69. The molecule has 21 heavy (non-hydrogen) atoms. The molecular weight excluding hydrogens is 284 g/mol. The molecule has 4 heteroatoms. The van der Waals surface area contributed by atoms with Crippen LogP contribution in [0.3, 0.4) is 0 Å². The van der Waals surface area contributed by atoms with E-state index in [-0.39, 0.29) is 0 Å². The molecule has 3 nitrogen and oxygen atoms in total. The second-order valence-corrected chi connectivity index (χ2v) is 5.32. The largest absolute Gasteiger partial charge is 0.496 e. The molecule has 0 unspecified atom stereocenters. The van der Waals surface area contributed by atoms with Gasteiger partial charge in [-0.1, -0.05) is 12.1 Å². The Labute approximate surface area is 129 Å². The smallest absolute Gasteiger partial charge is 0.121 e. The van der Waals surface area contributed by atoms with Gasteiger partial charge in [0.15, 0.2) is 0 Å². The van der Waals surface area contributed by atoms with E-state index < -0.39 is 0 Å². The summed E-state index contributed by atoms with van der Waals surface area (Å²) >= 11 is 5.93. The first kappa shape index (κ1) is 14.0. The Bertz CT molecular complexity index is 780. The van der Waals surface area contributed by atoms with Gasteiger partial charge in [0.1, 0.15) is 11.6 Å². The summed E-state index contributed by atoms with van der Waals surface area (Å²) in [5.41, 5.74) is 4.28. The number of ether oxygens (including phenoxy) is 1. The zero-order chi connectivity index (χ0) is 14.8. The van der Waals surface area contributed by atoms with Crippen molar-refractivity contribution in [2.24, 2.45) is 0 Å². The fourth-order valence-electron chi connectivity index (χ4n) is 2.62. The third-order valence-electron chi connectivity index (χ3n) is 3.58. The Morgan fingerprint density at radius 2 is 2.00 bits per heavy atom. The number of aryl methyl sites for hydroxylation is 2. The van der Waals surface area contributed by atoms with Gasteiger partial charge in [0.2, 0.25) is 0 Å². The lowest BCUT2D eigenvalue weighted by Crippen LogP contribution is -2.03. The first-order valence-corrected chi connectivity index (χ1v) is 7.45. The second-order valence-electron chi connectivity index (χ2n) is 4.95. The number of benzene rings is 2. The number of methoxy groups -OCH3 is 1. The van der Waals surface area contributed by atoms with Gasteiger partial charge < -0.3 is 4.74 Å². The number of imidazole rings is 1. The molecular formula is C17H17ClN2O. The number of alkyl halides is 1. The predicted molar refractivity (Wildman–Crippen MR) is 86.8 cm³/mol. The number of rotatable bonds is 4. The van der Waals surface area contributed by atoms with Crippen molar-refractivity contribution in [3.8, 4) is 11.4 Å². The lowest BCUT2D eigenvalue weighted by molar-refractivity contribution is 0.411. The van der Waals surface area contributed by atoms with Crippen molar-refractivity contribution in [1.29, 1.82) is 0 Å². The van der Waals surface area contributed by atoms with Gasteiger partial charge in [-0.2, -0.15) is 0 Å². The molecule has 0 aliphatic heterocycles. The molecule has 0 radical (unpaired) electrons. The Balaban J connectivity index is 2.22. The van der Waals surface area contributed by atoms with Gasteiger partial charge in [0, 0.05) is 18.0 Å². The summed E-state index contributed by atoms with van der Waals surface area (Å²) in [5, 5.41) is 0. The van der Waals surface area contributed by atoms with Crippen molar-refractivity contribution in [2.75, 3.05) is 13.0 Å². The number of halogens is 1. The first-order chi connectivity index (χ1) is 10.2. The summed E-state index contributed by atoms with van der Waals surface area (Å²) in [6.07, 6.45) is 0.737. The average Bonchev–Trinajstić information content (AvgIpc) is 2.85. The third-order valence-corrected chi connectivity index (χ3v) is 3.77. The molecule has 0 N–H and O–H groups in total. The van der Waals surface area contributed by atoms with Crippen molar-refractivity contribution in [3.05, 3.63) is 53.9 Å². The summed E-state index contributed by atoms with van der Waals surface area (Å²) in [5.74, 6) is 2.43. The first-order valence-electron chi connectivity index (χ1n) is 6.92. The topological polar surface area (TPSA) is 27.1 Å². The van der Waals surface area contributed by atoms with Crippen LogP contribution >= 0.6 is 11.6 Å². The molecule has 0 aliphatic carbocycles. The van der Waals surface area contributed by atoms with Gasteiger partial charge in [0.25, 0.3) is 0 Å². The van der Waals surface area contributed by atoms with Crippen LogP contribution in [0.15, 0.2) is 42.5 Å². The van der Waals surface area contributed by atoms with Gasteiger partial charge in [-0.3, -0.25) is 4.57 Å².